The number of hydrogen-bond acceptors (Lipinski definition) is 4. The fourth-order valence-corrected chi connectivity index (χ4v) is 5.89. The second kappa shape index (κ2) is 6.92. The van der Waals surface area contributed by atoms with E-state index in [0.717, 1.165) is 38.5 Å². The van der Waals surface area contributed by atoms with Crippen LogP contribution in [0.25, 0.3) is 0 Å². The molecular formula is C17H31N3O3S. The summed E-state index contributed by atoms with van der Waals surface area (Å²) in [5.41, 5.74) is 6.33. The van der Waals surface area contributed by atoms with Crippen LogP contribution < -0.4 is 5.73 Å². The second-order valence-electron chi connectivity index (χ2n) is 8.04. The molecule has 3 aliphatic rings. The Labute approximate surface area is 145 Å². The number of fused-ring (bicyclic) bond motifs is 2. The Balaban J connectivity index is 1.58. The van der Waals surface area contributed by atoms with Gasteiger partial charge in [-0.25, -0.2) is 12.7 Å². The van der Waals surface area contributed by atoms with Gasteiger partial charge in [-0.2, -0.15) is 0 Å². The van der Waals surface area contributed by atoms with Crippen LogP contribution in [-0.2, 0) is 14.8 Å². The van der Waals surface area contributed by atoms with Crippen molar-refractivity contribution < 1.29 is 13.2 Å². The quantitative estimate of drug-likeness (QED) is 0.817. The second-order valence-corrected chi connectivity index (χ2v) is 10.0. The molecule has 0 aromatic rings. The summed E-state index contributed by atoms with van der Waals surface area (Å²) in [6.45, 7) is 1.03. The molecule has 2 unspecified atom stereocenters. The molecule has 1 aliphatic heterocycles. The first-order chi connectivity index (χ1) is 11.3. The van der Waals surface area contributed by atoms with Crippen molar-refractivity contribution >= 4 is 15.9 Å². The highest BCUT2D eigenvalue weighted by Gasteiger charge is 2.42. The smallest absolute Gasteiger partial charge is 0.225 e. The molecule has 2 saturated carbocycles. The lowest BCUT2D eigenvalue weighted by atomic mass is 9.65. The van der Waals surface area contributed by atoms with E-state index in [2.05, 4.69) is 0 Å². The van der Waals surface area contributed by atoms with E-state index in [4.69, 9.17) is 5.73 Å². The molecule has 2 bridgehead atoms. The first-order valence-electron chi connectivity index (χ1n) is 9.24. The third-order valence-corrected chi connectivity index (χ3v) is 7.85. The van der Waals surface area contributed by atoms with Gasteiger partial charge in [0.25, 0.3) is 0 Å². The van der Waals surface area contributed by atoms with Gasteiger partial charge in [-0.05, 0) is 50.4 Å². The van der Waals surface area contributed by atoms with Gasteiger partial charge >= 0.3 is 0 Å². The van der Waals surface area contributed by atoms with Crippen LogP contribution in [0.3, 0.4) is 0 Å². The number of sulfonamides is 1. The van der Waals surface area contributed by atoms with Crippen molar-refractivity contribution in [3.63, 3.8) is 0 Å². The summed E-state index contributed by atoms with van der Waals surface area (Å²) in [6.07, 6.45) is 8.17. The first-order valence-corrected chi connectivity index (χ1v) is 11.1. The highest BCUT2D eigenvalue weighted by Crippen LogP contribution is 2.42. The van der Waals surface area contributed by atoms with Gasteiger partial charge in [-0.3, -0.25) is 4.79 Å². The standard InChI is InChI=1S/C17H31N3O3S/c1-19(15-6-8-20(9-7-15)24(2,22)23)17(21)14-10-12-4-3-5-13(11-14)16(12)18/h12-16H,3-11,18H2,1-2H3. The van der Waals surface area contributed by atoms with Crippen molar-refractivity contribution in [1.82, 2.24) is 9.21 Å². The van der Waals surface area contributed by atoms with Crippen LogP contribution >= 0.6 is 0 Å². The van der Waals surface area contributed by atoms with Crippen LogP contribution in [0, 0.1) is 17.8 Å². The predicted molar refractivity (Wildman–Crippen MR) is 93.7 cm³/mol. The van der Waals surface area contributed by atoms with Gasteiger partial charge in [0.1, 0.15) is 0 Å². The Bertz CT molecular complexity index is 558. The minimum atomic E-state index is -3.12. The Morgan fingerprint density at radius 1 is 1.08 bits per heavy atom. The number of piperidine rings is 1. The van der Waals surface area contributed by atoms with Crippen LogP contribution in [0.15, 0.2) is 0 Å². The zero-order valence-electron chi connectivity index (χ0n) is 14.9. The van der Waals surface area contributed by atoms with E-state index in [1.165, 1.54) is 17.0 Å². The lowest BCUT2D eigenvalue weighted by Gasteiger charge is -2.45. The zero-order chi connectivity index (χ0) is 17.5. The lowest BCUT2D eigenvalue weighted by Crippen LogP contribution is -2.52. The first kappa shape index (κ1) is 18.1. The fraction of sp³-hybridized carbons (Fsp3) is 0.941. The minimum Gasteiger partial charge on any atom is -0.342 e. The molecule has 6 nitrogen and oxygen atoms in total. The number of nitrogens with zero attached hydrogens (tertiary/aromatic N) is 2. The van der Waals surface area contributed by atoms with E-state index >= 15 is 0 Å². The maximum Gasteiger partial charge on any atom is 0.225 e. The van der Waals surface area contributed by atoms with E-state index < -0.39 is 10.0 Å². The SMILES string of the molecule is CN(C(=O)C1CC2CCCC(C1)C2N)C1CCN(S(C)(=O)=O)CC1. The number of rotatable bonds is 3. The molecule has 0 spiro atoms. The monoisotopic (exact) mass is 357 g/mol. The highest BCUT2D eigenvalue weighted by molar-refractivity contribution is 7.88. The summed E-state index contributed by atoms with van der Waals surface area (Å²) < 4.78 is 24.8. The largest absolute Gasteiger partial charge is 0.342 e. The van der Waals surface area contributed by atoms with Gasteiger partial charge in [0, 0.05) is 38.1 Å². The normalized spacial score (nSPS) is 35.6. The van der Waals surface area contributed by atoms with E-state index in [9.17, 15) is 13.2 Å². The molecule has 7 heteroatoms. The van der Waals surface area contributed by atoms with Gasteiger partial charge in [0.15, 0.2) is 0 Å². The molecule has 0 aromatic carbocycles. The van der Waals surface area contributed by atoms with Gasteiger partial charge in [0.2, 0.25) is 15.9 Å². The van der Waals surface area contributed by atoms with Crippen LogP contribution in [0.5, 0.6) is 0 Å². The molecule has 24 heavy (non-hydrogen) atoms. The van der Waals surface area contributed by atoms with Crippen LogP contribution in [0.2, 0.25) is 0 Å². The molecule has 1 heterocycles. The fourth-order valence-electron chi connectivity index (χ4n) is 5.02. The third-order valence-electron chi connectivity index (χ3n) is 6.55. The molecule has 2 N–H and O–H groups in total. The molecular weight excluding hydrogens is 326 g/mol. The summed E-state index contributed by atoms with van der Waals surface area (Å²) in [4.78, 5) is 14.9. The number of hydrogen-bond donors (Lipinski definition) is 1. The van der Waals surface area contributed by atoms with Crippen molar-refractivity contribution in [2.45, 2.75) is 57.0 Å². The predicted octanol–water partition coefficient (Wildman–Crippen LogP) is 1.02. The molecule has 1 amide bonds. The summed E-state index contributed by atoms with van der Waals surface area (Å²) >= 11 is 0. The van der Waals surface area contributed by atoms with Gasteiger partial charge in [0.05, 0.1) is 6.26 Å². The summed E-state index contributed by atoms with van der Waals surface area (Å²) in [5.74, 6) is 1.37. The molecule has 3 fully saturated rings. The van der Waals surface area contributed by atoms with Crippen molar-refractivity contribution in [3.8, 4) is 0 Å². The van der Waals surface area contributed by atoms with Crippen molar-refractivity contribution in [2.24, 2.45) is 23.5 Å². The lowest BCUT2D eigenvalue weighted by molar-refractivity contribution is -0.140. The molecule has 1 saturated heterocycles. The molecule has 138 valence electrons. The average Bonchev–Trinajstić information content (AvgIpc) is 2.52. The maximum absolute atomic E-state index is 13.0. The van der Waals surface area contributed by atoms with Gasteiger partial charge in [-0.1, -0.05) is 6.42 Å². The Morgan fingerprint density at radius 3 is 2.12 bits per heavy atom. The van der Waals surface area contributed by atoms with Crippen molar-refractivity contribution in [3.05, 3.63) is 0 Å². The van der Waals surface area contributed by atoms with Crippen LogP contribution in [-0.4, -0.2) is 62.0 Å². The van der Waals surface area contributed by atoms with Gasteiger partial charge in [-0.15, -0.1) is 0 Å². The zero-order valence-corrected chi connectivity index (χ0v) is 15.7. The molecule has 2 aliphatic carbocycles. The highest BCUT2D eigenvalue weighted by atomic mass is 32.2. The molecule has 3 rings (SSSR count). The average molecular weight is 358 g/mol. The number of carbonyl (C=O) groups excluding carboxylic acids is 1. The third kappa shape index (κ3) is 3.63. The topological polar surface area (TPSA) is 83.7 Å². The van der Waals surface area contributed by atoms with Crippen LogP contribution in [0.4, 0.5) is 0 Å². The number of amides is 1. The van der Waals surface area contributed by atoms with Crippen molar-refractivity contribution in [2.75, 3.05) is 26.4 Å². The Morgan fingerprint density at radius 2 is 1.62 bits per heavy atom. The molecule has 2 atom stereocenters. The van der Waals surface area contributed by atoms with E-state index in [1.807, 2.05) is 11.9 Å². The Hall–Kier alpha value is -0.660. The minimum absolute atomic E-state index is 0.109. The number of carbonyl (C=O) groups is 1. The number of nitrogens with two attached hydrogens (primary N) is 1. The maximum atomic E-state index is 13.0. The van der Waals surface area contributed by atoms with E-state index in [-0.39, 0.29) is 23.9 Å². The van der Waals surface area contributed by atoms with E-state index in [0.29, 0.717) is 24.9 Å². The summed E-state index contributed by atoms with van der Waals surface area (Å²) in [6, 6.07) is 0.442. The van der Waals surface area contributed by atoms with Crippen molar-refractivity contribution in [1.29, 1.82) is 0 Å². The van der Waals surface area contributed by atoms with Gasteiger partial charge < -0.3 is 10.6 Å². The summed E-state index contributed by atoms with van der Waals surface area (Å²) in [7, 11) is -1.22. The summed E-state index contributed by atoms with van der Waals surface area (Å²) in [5, 5.41) is 0. The molecule has 0 radical (unpaired) electrons. The van der Waals surface area contributed by atoms with Crippen LogP contribution in [0.1, 0.15) is 44.9 Å². The Kier molecular flexibility index (Phi) is 5.23. The van der Waals surface area contributed by atoms with E-state index in [1.54, 1.807) is 0 Å². The molecule has 0 aromatic heterocycles.